The van der Waals surface area contributed by atoms with Crippen molar-refractivity contribution in [2.45, 2.75) is 380 Å². The molecule has 3 N–H and O–H groups in total. The third kappa shape index (κ3) is 74.5. The van der Waals surface area contributed by atoms with Gasteiger partial charge in [0, 0.05) is 25.7 Å². The molecule has 0 heterocycles. The van der Waals surface area contributed by atoms with E-state index in [1.807, 2.05) is 0 Å². The number of unbranched alkanes of at least 4 members (excludes halogenated alkanes) is 37. The molecule has 0 aromatic heterocycles. The van der Waals surface area contributed by atoms with Gasteiger partial charge in [-0.25, -0.2) is 9.13 Å². The van der Waals surface area contributed by atoms with Gasteiger partial charge < -0.3 is 33.8 Å². The van der Waals surface area contributed by atoms with Gasteiger partial charge in [-0.05, 0) is 96.3 Å². The van der Waals surface area contributed by atoms with Crippen LogP contribution in [0.5, 0.6) is 0 Å². The highest BCUT2D eigenvalue weighted by atomic mass is 31.2. The zero-order valence-electron chi connectivity index (χ0n) is 64.8. The Labute approximate surface area is 621 Å². The first-order valence-corrected chi connectivity index (χ1v) is 43.8. The van der Waals surface area contributed by atoms with Gasteiger partial charge in [0.1, 0.15) is 19.3 Å². The number of esters is 4. The first-order valence-electron chi connectivity index (χ1n) is 40.8. The number of carbonyl (C=O) groups excluding carboxylic acids is 4. The van der Waals surface area contributed by atoms with E-state index in [4.69, 9.17) is 37.0 Å². The van der Waals surface area contributed by atoms with Crippen molar-refractivity contribution in [2.75, 3.05) is 39.6 Å². The van der Waals surface area contributed by atoms with Crippen LogP contribution < -0.4 is 0 Å². The van der Waals surface area contributed by atoms with Crippen LogP contribution in [0, 0.1) is 0 Å². The molecule has 592 valence electrons. The van der Waals surface area contributed by atoms with Gasteiger partial charge in [-0.2, -0.15) is 0 Å². The standard InChI is InChI=1S/C83H148O17P2/c1-5-9-13-17-21-25-29-32-35-37-38-40-43-45-49-52-56-60-64-68-80(85)93-73-78(99-82(87)69-65-61-57-53-47-28-24-20-16-12-8-4)75-97-101(89,90)95-71-77(84)72-96-102(91,92)98-76-79(100-83(88)70-66-62-58-54-50-46-41-34-31-27-23-19-15-11-7-3)74-94-81(86)67-63-59-55-51-48-44-42-39-36-33-30-26-22-18-14-10-6-2/h9-10,13-14,21-22,25-26,32-33,35-36,38,40,77-79,84H,5-8,11-12,15-20,23-24,27-31,34,37,39,41-76H2,1-4H3,(H,89,90)(H,91,92)/b13-9-,14-10-,25-21-,26-22-,35-32-,36-33-,40-38-. The maximum absolute atomic E-state index is 13.1. The molecule has 0 spiro atoms. The number of phosphoric ester groups is 2. The molecule has 5 unspecified atom stereocenters. The lowest BCUT2D eigenvalue weighted by molar-refractivity contribution is -0.161. The molecule has 102 heavy (non-hydrogen) atoms. The second kappa shape index (κ2) is 75.5. The van der Waals surface area contributed by atoms with Crippen LogP contribution in [0.1, 0.15) is 362 Å². The van der Waals surface area contributed by atoms with Crippen LogP contribution in [0.15, 0.2) is 85.1 Å². The molecule has 0 saturated heterocycles. The Hall–Kier alpha value is -3.76. The fourth-order valence-electron chi connectivity index (χ4n) is 11.2. The van der Waals surface area contributed by atoms with E-state index in [0.717, 1.165) is 180 Å². The first-order chi connectivity index (χ1) is 49.7. The lowest BCUT2D eigenvalue weighted by atomic mass is 10.0. The number of aliphatic hydroxyl groups excluding tert-OH is 1. The summed E-state index contributed by atoms with van der Waals surface area (Å²) in [7, 11) is -9.95. The molecular weight excluding hydrogens is 1330 g/mol. The molecule has 0 bridgehead atoms. The fraction of sp³-hybridized carbons (Fsp3) is 0.783. The SMILES string of the molecule is CC/C=C\C/C=C\C/C=C\C/C=C\CCCCCCCCC(=O)OCC(COP(=O)(O)OCC(O)COP(=O)(O)OCC(COC(=O)CCCCCCCCC/C=C\C/C=C\C/C=C\CC)OC(=O)CCCCCCCCCCCCCCCCC)OC(=O)CCCCCCCCCCCCC. The van der Waals surface area contributed by atoms with Crippen LogP contribution in [0.4, 0.5) is 0 Å². The number of ether oxygens (including phenoxy) is 4. The molecule has 0 aliphatic rings. The summed E-state index contributed by atoms with van der Waals surface area (Å²) in [5.74, 6) is -2.17. The van der Waals surface area contributed by atoms with Gasteiger partial charge in [0.15, 0.2) is 12.2 Å². The summed E-state index contributed by atoms with van der Waals surface area (Å²) in [6.45, 7) is 4.69. The van der Waals surface area contributed by atoms with E-state index < -0.39 is 97.5 Å². The highest BCUT2D eigenvalue weighted by Crippen LogP contribution is 2.45. The van der Waals surface area contributed by atoms with Crippen LogP contribution in [0.3, 0.4) is 0 Å². The van der Waals surface area contributed by atoms with E-state index in [2.05, 4.69) is 113 Å². The van der Waals surface area contributed by atoms with E-state index in [1.165, 1.54) is 103 Å². The Balaban J connectivity index is 5.30. The van der Waals surface area contributed by atoms with E-state index in [-0.39, 0.29) is 25.7 Å². The molecule has 17 nitrogen and oxygen atoms in total. The minimum Gasteiger partial charge on any atom is -0.462 e. The molecule has 0 aromatic carbocycles. The summed E-state index contributed by atoms with van der Waals surface area (Å²) < 4.78 is 68.6. The average Bonchev–Trinajstić information content (AvgIpc) is 0.926. The molecule has 0 amide bonds. The number of phosphoric acid groups is 2. The van der Waals surface area contributed by atoms with Gasteiger partial charge in [0.2, 0.25) is 0 Å². The van der Waals surface area contributed by atoms with Crippen LogP contribution in [0.2, 0.25) is 0 Å². The van der Waals surface area contributed by atoms with Gasteiger partial charge in [0.05, 0.1) is 26.4 Å². The summed E-state index contributed by atoms with van der Waals surface area (Å²) in [5, 5.41) is 10.6. The van der Waals surface area contributed by atoms with Crippen molar-refractivity contribution in [3.05, 3.63) is 85.1 Å². The van der Waals surface area contributed by atoms with Crippen molar-refractivity contribution in [3.8, 4) is 0 Å². The molecule has 0 radical (unpaired) electrons. The quantitative estimate of drug-likeness (QED) is 0.0169. The van der Waals surface area contributed by atoms with Gasteiger partial charge >= 0.3 is 39.5 Å². The van der Waals surface area contributed by atoms with Crippen LogP contribution in [-0.2, 0) is 65.4 Å². The minimum atomic E-state index is -4.97. The maximum Gasteiger partial charge on any atom is 0.472 e. The second-order valence-corrected chi connectivity index (χ2v) is 30.2. The first kappa shape index (κ1) is 98.2. The molecule has 0 saturated carbocycles. The van der Waals surface area contributed by atoms with E-state index in [1.54, 1.807) is 0 Å². The van der Waals surface area contributed by atoms with E-state index in [9.17, 15) is 43.2 Å². The van der Waals surface area contributed by atoms with Crippen LogP contribution >= 0.6 is 15.6 Å². The van der Waals surface area contributed by atoms with Crippen molar-refractivity contribution >= 4 is 39.5 Å². The zero-order chi connectivity index (χ0) is 74.6. The number of aliphatic hydroxyl groups is 1. The summed E-state index contributed by atoms with van der Waals surface area (Å²) in [6, 6.07) is 0. The van der Waals surface area contributed by atoms with Gasteiger partial charge in [0.25, 0.3) is 0 Å². The predicted molar refractivity (Wildman–Crippen MR) is 418 cm³/mol. The Kier molecular flexibility index (Phi) is 72.7. The molecular formula is C83H148O17P2. The number of rotatable bonds is 77. The molecule has 19 heteroatoms. The van der Waals surface area contributed by atoms with Gasteiger partial charge in [-0.1, -0.05) is 325 Å². The second-order valence-electron chi connectivity index (χ2n) is 27.3. The van der Waals surface area contributed by atoms with Crippen LogP contribution in [0.25, 0.3) is 0 Å². The largest absolute Gasteiger partial charge is 0.472 e. The topological polar surface area (TPSA) is 237 Å². The number of hydrogen-bond acceptors (Lipinski definition) is 15. The average molecular weight is 1480 g/mol. The van der Waals surface area contributed by atoms with Gasteiger partial charge in [-0.15, -0.1) is 0 Å². The van der Waals surface area contributed by atoms with Crippen molar-refractivity contribution in [2.24, 2.45) is 0 Å². The molecule has 0 fully saturated rings. The third-order valence-corrected chi connectivity index (χ3v) is 19.3. The number of carbonyl (C=O) groups is 4. The minimum absolute atomic E-state index is 0.0956. The normalized spacial score (nSPS) is 14.3. The highest BCUT2D eigenvalue weighted by Gasteiger charge is 2.30. The smallest absolute Gasteiger partial charge is 0.462 e. The molecule has 0 aromatic rings. The monoisotopic (exact) mass is 1480 g/mol. The Morgan fingerprint density at radius 3 is 0.784 bits per heavy atom. The van der Waals surface area contributed by atoms with Crippen LogP contribution in [-0.4, -0.2) is 96.7 Å². The van der Waals surface area contributed by atoms with E-state index >= 15 is 0 Å². The molecule has 0 rings (SSSR count). The zero-order valence-corrected chi connectivity index (χ0v) is 66.6. The predicted octanol–water partition coefficient (Wildman–Crippen LogP) is 23.8. The van der Waals surface area contributed by atoms with Crippen molar-refractivity contribution in [1.29, 1.82) is 0 Å². The summed E-state index contributed by atoms with van der Waals surface area (Å²) in [5.41, 5.74) is 0. The summed E-state index contributed by atoms with van der Waals surface area (Å²) in [6.07, 6.45) is 78.4. The Bertz CT molecular complexity index is 2260. The fourth-order valence-corrected chi connectivity index (χ4v) is 12.8. The van der Waals surface area contributed by atoms with Crippen molar-refractivity contribution in [3.63, 3.8) is 0 Å². The Morgan fingerprint density at radius 1 is 0.284 bits per heavy atom. The summed E-state index contributed by atoms with van der Waals surface area (Å²) >= 11 is 0. The lowest BCUT2D eigenvalue weighted by Gasteiger charge is -2.21. The highest BCUT2D eigenvalue weighted by molar-refractivity contribution is 7.47. The molecule has 5 atom stereocenters. The molecule has 0 aliphatic heterocycles. The van der Waals surface area contributed by atoms with E-state index in [0.29, 0.717) is 25.7 Å². The maximum atomic E-state index is 13.1. The lowest BCUT2D eigenvalue weighted by Crippen LogP contribution is -2.30. The third-order valence-electron chi connectivity index (χ3n) is 17.4. The summed E-state index contributed by atoms with van der Waals surface area (Å²) in [4.78, 5) is 73.0. The van der Waals surface area contributed by atoms with Crippen molar-refractivity contribution < 1.29 is 80.2 Å². The molecule has 0 aliphatic carbocycles. The number of allylic oxidation sites excluding steroid dienone is 14. The number of hydrogen-bond donors (Lipinski definition) is 3. The van der Waals surface area contributed by atoms with Crippen molar-refractivity contribution in [1.82, 2.24) is 0 Å². The van der Waals surface area contributed by atoms with Gasteiger partial charge in [-0.3, -0.25) is 37.3 Å². The Morgan fingerprint density at radius 2 is 0.510 bits per heavy atom.